The third-order valence-electron chi connectivity index (χ3n) is 0.780. The second kappa shape index (κ2) is 4.79. The van der Waals surface area contributed by atoms with Gasteiger partial charge in [-0.05, 0) is 19.1 Å². The largest absolute Gasteiger partial charge is 0.495 e. The maximum atomic E-state index is 11.9. The Bertz CT molecular complexity index is 159. The lowest BCUT2D eigenvalue weighted by molar-refractivity contribution is 0.244. The van der Waals surface area contributed by atoms with Gasteiger partial charge in [-0.25, -0.2) is 4.39 Å². The zero-order valence-corrected chi connectivity index (χ0v) is 6.06. The van der Waals surface area contributed by atoms with Gasteiger partial charge in [0.1, 0.15) is 11.6 Å². The third-order valence-corrected chi connectivity index (χ3v) is 0.780. The van der Waals surface area contributed by atoms with Crippen LogP contribution in [-0.2, 0) is 4.74 Å². The molecule has 0 unspecified atom stereocenters. The summed E-state index contributed by atoms with van der Waals surface area (Å²) in [6.45, 7) is 8.92. The van der Waals surface area contributed by atoms with E-state index in [4.69, 9.17) is 4.74 Å². The molecule has 0 heterocycles. The molecule has 0 N–H and O–H groups in total. The molecule has 0 spiro atoms. The molecule has 0 aliphatic rings. The molecule has 0 aliphatic heterocycles. The van der Waals surface area contributed by atoms with Crippen LogP contribution in [0, 0.1) is 0 Å². The molecule has 0 atom stereocenters. The number of hydrogen-bond acceptors (Lipinski definition) is 1. The van der Waals surface area contributed by atoms with Crippen LogP contribution in [0.15, 0.2) is 36.9 Å². The van der Waals surface area contributed by atoms with Crippen molar-refractivity contribution in [1.29, 1.82) is 0 Å². The van der Waals surface area contributed by atoms with Crippen LogP contribution >= 0.6 is 0 Å². The Morgan fingerprint density at radius 3 is 2.50 bits per heavy atom. The summed E-state index contributed by atoms with van der Waals surface area (Å²) in [5.74, 6) is -0.0536. The number of allylic oxidation sites excluding steroid dienone is 3. The van der Waals surface area contributed by atoms with Crippen molar-refractivity contribution in [2.24, 2.45) is 0 Å². The second-order valence-corrected chi connectivity index (χ2v) is 1.68. The van der Waals surface area contributed by atoms with E-state index in [1.165, 1.54) is 12.2 Å². The van der Waals surface area contributed by atoms with Gasteiger partial charge in [0.05, 0.1) is 6.61 Å². The fourth-order valence-electron chi connectivity index (χ4n) is 0.417. The second-order valence-electron chi connectivity index (χ2n) is 1.68. The molecular weight excluding hydrogens is 131 g/mol. The Morgan fingerprint density at radius 2 is 2.10 bits per heavy atom. The van der Waals surface area contributed by atoms with E-state index in [-0.39, 0.29) is 0 Å². The van der Waals surface area contributed by atoms with E-state index in [2.05, 4.69) is 13.2 Å². The number of rotatable bonds is 4. The van der Waals surface area contributed by atoms with Crippen LogP contribution in [0.1, 0.15) is 6.92 Å². The first-order valence-corrected chi connectivity index (χ1v) is 3.01. The van der Waals surface area contributed by atoms with Gasteiger partial charge in [0, 0.05) is 0 Å². The Balaban J connectivity index is 3.67. The summed E-state index contributed by atoms with van der Waals surface area (Å²) in [4.78, 5) is 0. The molecule has 0 aliphatic carbocycles. The van der Waals surface area contributed by atoms with Gasteiger partial charge in [0.15, 0.2) is 0 Å². The molecule has 0 amide bonds. The summed E-state index contributed by atoms with van der Waals surface area (Å²) < 4.78 is 16.8. The van der Waals surface area contributed by atoms with Crippen molar-refractivity contribution in [3.05, 3.63) is 36.9 Å². The Kier molecular flexibility index (Phi) is 4.29. The highest BCUT2D eigenvalue weighted by Gasteiger charge is 1.84. The van der Waals surface area contributed by atoms with Crippen molar-refractivity contribution >= 4 is 0 Å². The number of halogens is 1. The summed E-state index contributed by atoms with van der Waals surface area (Å²) in [6.07, 6.45) is 2.64. The van der Waals surface area contributed by atoms with Crippen molar-refractivity contribution < 1.29 is 9.13 Å². The minimum Gasteiger partial charge on any atom is -0.495 e. The van der Waals surface area contributed by atoms with Crippen molar-refractivity contribution in [2.45, 2.75) is 6.92 Å². The average molecular weight is 142 g/mol. The van der Waals surface area contributed by atoms with Gasteiger partial charge in [0.25, 0.3) is 0 Å². The Hall–Kier alpha value is -1.05. The fraction of sp³-hybridized carbons (Fsp3) is 0.250. The number of ether oxygens (including phenoxy) is 1. The zero-order chi connectivity index (χ0) is 7.98. The van der Waals surface area contributed by atoms with E-state index in [1.54, 1.807) is 0 Å². The summed E-state index contributed by atoms with van der Waals surface area (Å²) >= 11 is 0. The summed E-state index contributed by atoms with van der Waals surface area (Å²) in [7, 11) is 0. The standard InChI is InChI=1S/C8H11FO/c1-4-10-8(3)6-5-7(2)9/h5-6H,2-4H2,1H3/b6-5-. The minimum atomic E-state index is -0.499. The molecule has 0 aromatic carbocycles. The topological polar surface area (TPSA) is 9.23 Å². The molecular formula is C8H11FO. The van der Waals surface area contributed by atoms with Crippen LogP contribution in [-0.4, -0.2) is 6.61 Å². The van der Waals surface area contributed by atoms with Gasteiger partial charge < -0.3 is 4.74 Å². The van der Waals surface area contributed by atoms with E-state index >= 15 is 0 Å². The quantitative estimate of drug-likeness (QED) is 0.433. The molecule has 10 heavy (non-hydrogen) atoms. The van der Waals surface area contributed by atoms with Crippen LogP contribution in [0.25, 0.3) is 0 Å². The van der Waals surface area contributed by atoms with Crippen molar-refractivity contribution in [2.75, 3.05) is 6.61 Å². The molecule has 0 radical (unpaired) electrons. The van der Waals surface area contributed by atoms with Crippen molar-refractivity contribution in [1.82, 2.24) is 0 Å². The molecule has 1 nitrogen and oxygen atoms in total. The molecule has 2 heteroatoms. The molecule has 0 aromatic rings. The predicted molar refractivity (Wildman–Crippen MR) is 40.2 cm³/mol. The SMILES string of the molecule is C=C(F)/C=C\C(=C)OCC. The first-order valence-electron chi connectivity index (χ1n) is 3.01. The normalized spacial score (nSPS) is 9.80. The van der Waals surface area contributed by atoms with E-state index in [9.17, 15) is 4.39 Å². The van der Waals surface area contributed by atoms with Crippen LogP contribution in [0.2, 0.25) is 0 Å². The maximum absolute atomic E-state index is 11.9. The van der Waals surface area contributed by atoms with Crippen molar-refractivity contribution in [3.8, 4) is 0 Å². The minimum absolute atomic E-state index is 0.446. The molecule has 0 saturated heterocycles. The summed E-state index contributed by atoms with van der Waals surface area (Å²) in [5.41, 5.74) is 0. The lowest BCUT2D eigenvalue weighted by atomic mass is 10.4. The Morgan fingerprint density at radius 1 is 1.50 bits per heavy atom. The molecule has 56 valence electrons. The number of hydrogen-bond donors (Lipinski definition) is 0. The lowest BCUT2D eigenvalue weighted by Crippen LogP contribution is -1.84. The van der Waals surface area contributed by atoms with Gasteiger partial charge >= 0.3 is 0 Å². The third kappa shape index (κ3) is 5.09. The van der Waals surface area contributed by atoms with Gasteiger partial charge in [-0.1, -0.05) is 13.2 Å². The van der Waals surface area contributed by atoms with Gasteiger partial charge in [-0.2, -0.15) is 0 Å². The van der Waals surface area contributed by atoms with E-state index in [0.717, 1.165) is 0 Å². The molecule has 0 rings (SSSR count). The maximum Gasteiger partial charge on any atom is 0.116 e. The monoisotopic (exact) mass is 142 g/mol. The average Bonchev–Trinajstić information content (AvgIpc) is 1.85. The van der Waals surface area contributed by atoms with Gasteiger partial charge in [-0.15, -0.1) is 0 Å². The smallest absolute Gasteiger partial charge is 0.116 e. The zero-order valence-electron chi connectivity index (χ0n) is 6.06. The van der Waals surface area contributed by atoms with E-state index < -0.39 is 5.83 Å². The van der Waals surface area contributed by atoms with Gasteiger partial charge in [0.2, 0.25) is 0 Å². The van der Waals surface area contributed by atoms with E-state index in [0.29, 0.717) is 12.4 Å². The molecule has 0 aromatic heterocycles. The van der Waals surface area contributed by atoms with Crippen LogP contribution < -0.4 is 0 Å². The first-order chi connectivity index (χ1) is 4.66. The highest BCUT2D eigenvalue weighted by molar-refractivity contribution is 5.16. The van der Waals surface area contributed by atoms with Gasteiger partial charge in [-0.3, -0.25) is 0 Å². The van der Waals surface area contributed by atoms with Crippen molar-refractivity contribution in [3.63, 3.8) is 0 Å². The first kappa shape index (κ1) is 8.95. The fourth-order valence-corrected chi connectivity index (χ4v) is 0.417. The molecule has 0 saturated carbocycles. The molecule has 0 fully saturated rings. The van der Waals surface area contributed by atoms with Crippen LogP contribution in [0.3, 0.4) is 0 Å². The highest BCUT2D eigenvalue weighted by atomic mass is 19.1. The molecule has 0 bridgehead atoms. The highest BCUT2D eigenvalue weighted by Crippen LogP contribution is 1.99. The van der Waals surface area contributed by atoms with Crippen LogP contribution in [0.5, 0.6) is 0 Å². The van der Waals surface area contributed by atoms with E-state index in [1.807, 2.05) is 6.92 Å². The summed E-state index contributed by atoms with van der Waals surface area (Å²) in [6, 6.07) is 0. The Labute approximate surface area is 60.5 Å². The predicted octanol–water partition coefficient (Wildman–Crippen LogP) is 2.58. The lowest BCUT2D eigenvalue weighted by Gasteiger charge is -1.98. The summed E-state index contributed by atoms with van der Waals surface area (Å²) in [5, 5.41) is 0. The van der Waals surface area contributed by atoms with Crippen LogP contribution in [0.4, 0.5) is 4.39 Å².